The predicted molar refractivity (Wildman–Crippen MR) is 94.2 cm³/mol. The second-order valence-electron chi connectivity index (χ2n) is 5.65. The van der Waals surface area contributed by atoms with Gasteiger partial charge in [-0.15, -0.1) is 13.2 Å². The summed E-state index contributed by atoms with van der Waals surface area (Å²) in [6.07, 6.45) is -2.61. The van der Waals surface area contributed by atoms with Gasteiger partial charge in [-0.1, -0.05) is 11.6 Å². The maximum absolute atomic E-state index is 14.6. The number of nitrogens with one attached hydrogen (secondary N) is 1. The first-order valence-electron chi connectivity index (χ1n) is 8.02. The number of alkyl halides is 3. The average molecular weight is 445 g/mol. The van der Waals surface area contributed by atoms with E-state index < -0.39 is 29.4 Å². The Morgan fingerprint density at radius 1 is 1.10 bits per heavy atom. The minimum absolute atomic E-state index is 0.0167. The molecule has 0 saturated heterocycles. The zero-order chi connectivity index (χ0) is 21.9. The zero-order valence-corrected chi connectivity index (χ0v) is 15.4. The molecule has 30 heavy (non-hydrogen) atoms. The fourth-order valence-electron chi connectivity index (χ4n) is 2.28. The summed E-state index contributed by atoms with van der Waals surface area (Å²) in [5.41, 5.74) is -0.400. The standard InChI is InChI=1S/C18H10ClF4N3O4/c19-13-5-6-14(29-11-1-3-12(4-2-11)30-18(21,22)23)15(16(13)20)17(27)25-10-7-8-26(28)24-9-10/h1-9,28H/p+1. The molecule has 0 saturated carbocycles. The number of aromatic nitrogens is 2. The number of hydrogen-bond donors (Lipinski definition) is 2. The number of benzene rings is 2. The lowest BCUT2D eigenvalue weighted by atomic mass is 10.1. The van der Waals surface area contributed by atoms with Gasteiger partial charge in [0, 0.05) is 11.2 Å². The first kappa shape index (κ1) is 21.1. The summed E-state index contributed by atoms with van der Waals surface area (Å²) >= 11 is 5.76. The highest BCUT2D eigenvalue weighted by molar-refractivity contribution is 6.31. The molecule has 0 aliphatic carbocycles. The van der Waals surface area contributed by atoms with Crippen molar-refractivity contribution in [3.05, 3.63) is 71.3 Å². The van der Waals surface area contributed by atoms with Crippen molar-refractivity contribution in [2.45, 2.75) is 6.36 Å². The van der Waals surface area contributed by atoms with Gasteiger partial charge in [0.05, 0.1) is 10.7 Å². The van der Waals surface area contributed by atoms with E-state index in [1.165, 1.54) is 12.1 Å². The van der Waals surface area contributed by atoms with Crippen LogP contribution in [-0.4, -0.2) is 22.6 Å². The van der Waals surface area contributed by atoms with E-state index in [0.29, 0.717) is 4.85 Å². The molecule has 0 spiro atoms. The van der Waals surface area contributed by atoms with Gasteiger partial charge < -0.3 is 14.8 Å². The minimum Gasteiger partial charge on any atom is -0.456 e. The van der Waals surface area contributed by atoms with Crippen LogP contribution in [0.15, 0.2) is 54.9 Å². The van der Waals surface area contributed by atoms with Crippen LogP contribution in [0.1, 0.15) is 10.4 Å². The molecule has 12 heteroatoms. The smallest absolute Gasteiger partial charge is 0.456 e. The number of carbonyl (C=O) groups is 1. The van der Waals surface area contributed by atoms with E-state index in [-0.39, 0.29) is 22.2 Å². The summed E-state index contributed by atoms with van der Waals surface area (Å²) in [5.74, 6) is -2.69. The van der Waals surface area contributed by atoms with Crippen LogP contribution in [0.4, 0.5) is 23.2 Å². The zero-order valence-electron chi connectivity index (χ0n) is 14.7. The Balaban J connectivity index is 1.85. The molecule has 0 atom stereocenters. The average Bonchev–Trinajstić information content (AvgIpc) is 2.67. The van der Waals surface area contributed by atoms with E-state index in [9.17, 15) is 22.4 Å². The number of amides is 1. The normalized spacial score (nSPS) is 11.1. The van der Waals surface area contributed by atoms with E-state index in [0.717, 1.165) is 42.7 Å². The van der Waals surface area contributed by atoms with Gasteiger partial charge >= 0.3 is 6.36 Å². The highest BCUT2D eigenvalue weighted by atomic mass is 35.5. The third-order valence-electron chi connectivity index (χ3n) is 3.53. The number of ether oxygens (including phenoxy) is 2. The van der Waals surface area contributed by atoms with Crippen molar-refractivity contribution < 1.29 is 41.9 Å². The molecular weight excluding hydrogens is 434 g/mol. The fraction of sp³-hybridized carbons (Fsp3) is 0.0556. The van der Waals surface area contributed by atoms with Crippen molar-refractivity contribution >= 4 is 23.2 Å². The second-order valence-corrected chi connectivity index (χ2v) is 6.05. The first-order valence-corrected chi connectivity index (χ1v) is 8.40. The van der Waals surface area contributed by atoms with E-state index in [1.54, 1.807) is 0 Å². The molecule has 7 nitrogen and oxygen atoms in total. The fourth-order valence-corrected chi connectivity index (χ4v) is 2.44. The van der Waals surface area contributed by atoms with Crippen LogP contribution in [0.2, 0.25) is 5.02 Å². The first-order chi connectivity index (χ1) is 14.1. The van der Waals surface area contributed by atoms with E-state index in [4.69, 9.17) is 21.5 Å². The van der Waals surface area contributed by atoms with Gasteiger partial charge in [0.15, 0.2) is 5.82 Å². The molecular formula is C18H11ClF4N3O4+. The molecule has 2 aromatic carbocycles. The quantitative estimate of drug-likeness (QED) is 0.347. The van der Waals surface area contributed by atoms with Crippen molar-refractivity contribution in [2.75, 3.05) is 5.32 Å². The summed E-state index contributed by atoms with van der Waals surface area (Å²) in [6, 6.07) is 7.97. The van der Waals surface area contributed by atoms with Gasteiger partial charge in [-0.2, -0.15) is 0 Å². The Kier molecular flexibility index (Phi) is 5.92. The highest BCUT2D eigenvalue weighted by Crippen LogP contribution is 2.33. The molecule has 1 heterocycles. The molecule has 0 unspecified atom stereocenters. The number of nitrogens with zero attached hydrogens (tertiary/aromatic N) is 2. The highest BCUT2D eigenvalue weighted by Gasteiger charge is 2.31. The summed E-state index contributed by atoms with van der Waals surface area (Å²) in [5, 5.41) is 14.6. The molecule has 0 aliphatic rings. The molecule has 2 N–H and O–H groups in total. The third kappa shape index (κ3) is 5.26. The Labute approximate surface area is 171 Å². The largest absolute Gasteiger partial charge is 0.573 e. The summed E-state index contributed by atoms with van der Waals surface area (Å²) in [4.78, 5) is 13.1. The van der Waals surface area contributed by atoms with Gasteiger partial charge in [-0.05, 0) is 36.4 Å². The van der Waals surface area contributed by atoms with Crippen molar-refractivity contribution in [1.29, 1.82) is 0 Å². The molecule has 1 aromatic heterocycles. The van der Waals surface area contributed by atoms with Crippen molar-refractivity contribution in [3.8, 4) is 17.2 Å². The Hall–Kier alpha value is -3.60. The van der Waals surface area contributed by atoms with E-state index >= 15 is 0 Å². The monoisotopic (exact) mass is 444 g/mol. The molecule has 3 aromatic rings. The lowest BCUT2D eigenvalue weighted by Gasteiger charge is -2.14. The summed E-state index contributed by atoms with van der Waals surface area (Å²) < 4.78 is 60.5. The predicted octanol–water partition coefficient (Wildman–Crippen LogP) is 4.34. The van der Waals surface area contributed by atoms with Crippen LogP contribution >= 0.6 is 11.6 Å². The molecule has 0 aliphatic heterocycles. The van der Waals surface area contributed by atoms with Gasteiger partial charge in [0.2, 0.25) is 0 Å². The lowest BCUT2D eigenvalue weighted by Crippen LogP contribution is -2.33. The molecule has 1 amide bonds. The van der Waals surface area contributed by atoms with E-state index in [1.807, 2.05) is 0 Å². The van der Waals surface area contributed by atoms with Crippen molar-refractivity contribution in [3.63, 3.8) is 0 Å². The molecule has 0 radical (unpaired) electrons. The lowest BCUT2D eigenvalue weighted by molar-refractivity contribution is -0.948. The maximum atomic E-state index is 14.6. The Morgan fingerprint density at radius 2 is 1.77 bits per heavy atom. The molecule has 0 bridgehead atoms. The van der Waals surface area contributed by atoms with Crippen LogP contribution in [-0.2, 0) is 0 Å². The van der Waals surface area contributed by atoms with E-state index in [2.05, 4.69) is 15.2 Å². The van der Waals surface area contributed by atoms with Crippen LogP contribution in [0.5, 0.6) is 17.2 Å². The van der Waals surface area contributed by atoms with Crippen LogP contribution in [0.25, 0.3) is 0 Å². The van der Waals surface area contributed by atoms with Gasteiger partial charge in [0.25, 0.3) is 12.1 Å². The molecule has 0 fully saturated rings. The number of halogens is 5. The summed E-state index contributed by atoms with van der Waals surface area (Å²) in [7, 11) is 0. The minimum atomic E-state index is -4.85. The summed E-state index contributed by atoms with van der Waals surface area (Å²) in [6.45, 7) is 0. The van der Waals surface area contributed by atoms with Crippen LogP contribution in [0, 0.1) is 5.82 Å². The number of carbonyl (C=O) groups excluding carboxylic acids is 1. The van der Waals surface area contributed by atoms with Gasteiger partial charge in [0.1, 0.15) is 33.9 Å². The molecule has 3 rings (SSSR count). The maximum Gasteiger partial charge on any atom is 0.573 e. The van der Waals surface area contributed by atoms with Crippen molar-refractivity contribution in [1.82, 2.24) is 5.10 Å². The number of hydrogen-bond acceptors (Lipinski definition) is 5. The van der Waals surface area contributed by atoms with Crippen LogP contribution in [0.3, 0.4) is 0 Å². The molecule has 156 valence electrons. The SMILES string of the molecule is O=C(Nc1cc[n+](O)nc1)c1c(Oc2ccc(OC(F)(F)F)cc2)ccc(Cl)c1F. The van der Waals surface area contributed by atoms with Crippen molar-refractivity contribution in [2.24, 2.45) is 0 Å². The number of rotatable bonds is 5. The Morgan fingerprint density at radius 3 is 2.37 bits per heavy atom. The second kappa shape index (κ2) is 8.41. The van der Waals surface area contributed by atoms with Gasteiger partial charge in [-0.25, -0.2) is 4.39 Å². The Bertz CT molecular complexity index is 1060. The van der Waals surface area contributed by atoms with Crippen LogP contribution < -0.4 is 19.6 Å². The van der Waals surface area contributed by atoms with Gasteiger partial charge in [-0.3, -0.25) is 10.0 Å². The topological polar surface area (TPSA) is 84.6 Å². The third-order valence-corrected chi connectivity index (χ3v) is 3.82. The number of anilines is 1.